The van der Waals surface area contributed by atoms with Crippen LogP contribution in [-0.2, 0) is 12.4 Å². The molecule has 0 radical (unpaired) electrons. The molecule has 0 nitrogen and oxygen atoms in total. The number of alkyl halides is 6. The van der Waals surface area contributed by atoms with Crippen molar-refractivity contribution in [3.8, 4) is 22.3 Å². The average molecular weight is 394 g/mol. The molecule has 3 aromatic carbocycles. The fourth-order valence-corrected chi connectivity index (χ4v) is 3.08. The van der Waals surface area contributed by atoms with Crippen LogP contribution < -0.4 is 0 Å². The van der Waals surface area contributed by atoms with Gasteiger partial charge >= 0.3 is 12.4 Å². The molecule has 28 heavy (non-hydrogen) atoms. The smallest absolute Gasteiger partial charge is 0.166 e. The van der Waals surface area contributed by atoms with E-state index in [0.29, 0.717) is 33.4 Å². The monoisotopic (exact) mass is 394 g/mol. The van der Waals surface area contributed by atoms with Crippen molar-refractivity contribution in [3.63, 3.8) is 0 Å². The van der Waals surface area contributed by atoms with Crippen molar-refractivity contribution in [1.29, 1.82) is 0 Å². The van der Waals surface area contributed by atoms with Crippen molar-refractivity contribution >= 4 is 0 Å². The van der Waals surface area contributed by atoms with Gasteiger partial charge in [0.05, 0.1) is 11.1 Å². The quantitative estimate of drug-likeness (QED) is 0.391. The first-order valence-electron chi connectivity index (χ1n) is 8.42. The number of benzene rings is 3. The third kappa shape index (κ3) is 4.38. The Kier molecular flexibility index (Phi) is 5.00. The summed E-state index contributed by atoms with van der Waals surface area (Å²) in [7, 11) is 0. The molecule has 0 spiro atoms. The normalized spacial score (nSPS) is 12.3. The number of aryl methyl sites for hydroxylation is 2. The summed E-state index contributed by atoms with van der Waals surface area (Å²) in [5.41, 5.74) is 1.39. The molecular weight excluding hydrogens is 378 g/mol. The zero-order valence-electron chi connectivity index (χ0n) is 15.0. The average Bonchev–Trinajstić information content (AvgIpc) is 2.59. The molecule has 0 heterocycles. The lowest BCUT2D eigenvalue weighted by atomic mass is 9.96. The molecule has 0 N–H and O–H groups in total. The van der Waals surface area contributed by atoms with Crippen LogP contribution in [-0.4, -0.2) is 0 Å². The summed E-state index contributed by atoms with van der Waals surface area (Å²) in [6, 6.07) is 14.0. The van der Waals surface area contributed by atoms with E-state index in [1.165, 1.54) is 0 Å². The molecule has 3 aromatic rings. The minimum Gasteiger partial charge on any atom is -0.166 e. The molecular formula is C22H16F6. The first-order valence-corrected chi connectivity index (χ1v) is 8.42. The highest BCUT2D eigenvalue weighted by Gasteiger charge is 2.31. The third-order valence-corrected chi connectivity index (χ3v) is 4.36. The first kappa shape index (κ1) is 20.0. The van der Waals surface area contributed by atoms with E-state index >= 15 is 0 Å². The van der Waals surface area contributed by atoms with Crippen LogP contribution >= 0.6 is 0 Å². The van der Waals surface area contributed by atoms with Gasteiger partial charge in [0, 0.05) is 0 Å². The standard InChI is InChI=1S/C22H16F6/c1-13-7-17(11-19(9-13)21(23,24)25)15-3-5-16(6-4-15)18-8-14(2)10-20(12-18)22(26,27)28/h3-12H,1-2H3. The van der Waals surface area contributed by atoms with Crippen LogP contribution in [0, 0.1) is 13.8 Å². The molecule has 0 aliphatic rings. The van der Waals surface area contributed by atoms with Crippen molar-refractivity contribution in [1.82, 2.24) is 0 Å². The summed E-state index contributed by atoms with van der Waals surface area (Å²) in [6.45, 7) is 3.16. The third-order valence-electron chi connectivity index (χ3n) is 4.36. The zero-order chi connectivity index (χ0) is 20.7. The van der Waals surface area contributed by atoms with E-state index in [1.54, 1.807) is 50.2 Å². The summed E-state index contributed by atoms with van der Waals surface area (Å²) >= 11 is 0. The number of rotatable bonds is 2. The molecule has 0 unspecified atom stereocenters. The van der Waals surface area contributed by atoms with Gasteiger partial charge in [0.15, 0.2) is 0 Å². The van der Waals surface area contributed by atoms with Gasteiger partial charge in [-0.15, -0.1) is 0 Å². The van der Waals surface area contributed by atoms with Gasteiger partial charge in [-0.25, -0.2) is 0 Å². The van der Waals surface area contributed by atoms with Crippen LogP contribution in [0.1, 0.15) is 22.3 Å². The number of hydrogen-bond donors (Lipinski definition) is 0. The molecule has 0 bridgehead atoms. The Morgan fingerprint density at radius 2 is 0.786 bits per heavy atom. The molecule has 0 aliphatic carbocycles. The maximum absolute atomic E-state index is 13.0. The zero-order valence-corrected chi connectivity index (χ0v) is 15.0. The lowest BCUT2D eigenvalue weighted by Crippen LogP contribution is -2.05. The summed E-state index contributed by atoms with van der Waals surface area (Å²) in [5.74, 6) is 0. The van der Waals surface area contributed by atoms with Crippen LogP contribution in [0.4, 0.5) is 26.3 Å². The van der Waals surface area contributed by atoms with Crippen molar-refractivity contribution in [2.45, 2.75) is 26.2 Å². The van der Waals surface area contributed by atoms with Gasteiger partial charge in [-0.3, -0.25) is 0 Å². The second kappa shape index (κ2) is 7.00. The molecule has 0 saturated carbocycles. The van der Waals surface area contributed by atoms with E-state index in [4.69, 9.17) is 0 Å². The van der Waals surface area contributed by atoms with Gasteiger partial charge in [-0.05, 0) is 71.5 Å². The predicted octanol–water partition coefficient (Wildman–Crippen LogP) is 7.68. The lowest BCUT2D eigenvalue weighted by Gasteiger charge is -2.13. The highest BCUT2D eigenvalue weighted by Crippen LogP contribution is 2.36. The topological polar surface area (TPSA) is 0 Å². The van der Waals surface area contributed by atoms with E-state index < -0.39 is 23.5 Å². The van der Waals surface area contributed by atoms with Crippen LogP contribution in [0.15, 0.2) is 60.7 Å². The first-order chi connectivity index (χ1) is 12.9. The SMILES string of the molecule is Cc1cc(-c2ccc(-c3cc(C)cc(C(F)(F)F)c3)cc2)cc(C(F)(F)F)c1. The van der Waals surface area contributed by atoms with Crippen molar-refractivity contribution in [3.05, 3.63) is 82.9 Å². The minimum absolute atomic E-state index is 0.402. The Balaban J connectivity index is 2.00. The highest BCUT2D eigenvalue weighted by atomic mass is 19.4. The largest absolute Gasteiger partial charge is 0.416 e. The van der Waals surface area contributed by atoms with Gasteiger partial charge in [0.1, 0.15) is 0 Å². The number of hydrogen-bond acceptors (Lipinski definition) is 0. The Bertz CT molecular complexity index is 913. The number of halogens is 6. The predicted molar refractivity (Wildman–Crippen MR) is 96.8 cm³/mol. The van der Waals surface area contributed by atoms with Gasteiger partial charge in [-0.1, -0.05) is 36.4 Å². The molecule has 0 amide bonds. The Hall–Kier alpha value is -2.76. The summed E-state index contributed by atoms with van der Waals surface area (Å²) < 4.78 is 78.2. The van der Waals surface area contributed by atoms with E-state index in [9.17, 15) is 26.3 Å². The van der Waals surface area contributed by atoms with E-state index in [1.807, 2.05) is 0 Å². The summed E-state index contributed by atoms with van der Waals surface area (Å²) in [4.78, 5) is 0. The Morgan fingerprint density at radius 1 is 0.464 bits per heavy atom. The van der Waals surface area contributed by atoms with Gasteiger partial charge < -0.3 is 0 Å². The van der Waals surface area contributed by atoms with E-state index in [2.05, 4.69) is 0 Å². The summed E-state index contributed by atoms with van der Waals surface area (Å²) in [6.07, 6.45) is -8.90. The fourth-order valence-electron chi connectivity index (χ4n) is 3.08. The van der Waals surface area contributed by atoms with Gasteiger partial charge in [0.25, 0.3) is 0 Å². The second-order valence-corrected chi connectivity index (χ2v) is 6.75. The van der Waals surface area contributed by atoms with Crippen LogP contribution in [0.3, 0.4) is 0 Å². The van der Waals surface area contributed by atoms with Crippen molar-refractivity contribution in [2.75, 3.05) is 0 Å². The molecule has 0 fully saturated rings. The lowest BCUT2D eigenvalue weighted by molar-refractivity contribution is -0.138. The molecule has 0 atom stereocenters. The summed E-state index contributed by atoms with van der Waals surface area (Å²) in [5, 5.41) is 0. The molecule has 3 rings (SSSR count). The Morgan fingerprint density at radius 3 is 1.07 bits per heavy atom. The van der Waals surface area contributed by atoms with Gasteiger partial charge in [0.2, 0.25) is 0 Å². The Labute approximate surface area is 158 Å². The maximum atomic E-state index is 13.0. The molecule has 146 valence electrons. The maximum Gasteiger partial charge on any atom is 0.416 e. The molecule has 6 heteroatoms. The fraction of sp³-hybridized carbons (Fsp3) is 0.182. The van der Waals surface area contributed by atoms with Crippen molar-refractivity contribution in [2.24, 2.45) is 0 Å². The van der Waals surface area contributed by atoms with Crippen molar-refractivity contribution < 1.29 is 26.3 Å². The minimum atomic E-state index is -4.45. The van der Waals surface area contributed by atoms with Crippen LogP contribution in [0.5, 0.6) is 0 Å². The van der Waals surface area contributed by atoms with Crippen LogP contribution in [0.25, 0.3) is 22.3 Å². The van der Waals surface area contributed by atoms with E-state index in [-0.39, 0.29) is 0 Å². The molecule has 0 saturated heterocycles. The van der Waals surface area contributed by atoms with Crippen LogP contribution in [0.2, 0.25) is 0 Å². The molecule has 0 aromatic heterocycles. The van der Waals surface area contributed by atoms with Gasteiger partial charge in [-0.2, -0.15) is 26.3 Å². The second-order valence-electron chi connectivity index (χ2n) is 6.75. The highest BCUT2D eigenvalue weighted by molar-refractivity contribution is 5.72. The molecule has 0 aliphatic heterocycles. The van der Waals surface area contributed by atoms with E-state index in [0.717, 1.165) is 24.3 Å².